The van der Waals surface area contributed by atoms with Gasteiger partial charge in [0.25, 0.3) is 0 Å². The van der Waals surface area contributed by atoms with Crippen LogP contribution in [0.25, 0.3) is 6.08 Å². The number of ketones is 2. The molecule has 3 nitrogen and oxygen atoms in total. The summed E-state index contributed by atoms with van der Waals surface area (Å²) in [6.07, 6.45) is -2.90. The first-order valence-corrected chi connectivity index (χ1v) is 6.69. The highest BCUT2D eigenvalue weighted by Crippen LogP contribution is 2.29. The molecule has 0 aliphatic rings. The molecule has 0 bridgehead atoms. The first-order valence-electron chi connectivity index (χ1n) is 6.69. The van der Waals surface area contributed by atoms with Crippen molar-refractivity contribution in [2.24, 2.45) is 0 Å². The lowest BCUT2D eigenvalue weighted by Gasteiger charge is -2.09. The number of hydrogen-bond acceptors (Lipinski definition) is 3. The number of benzene rings is 1. The number of carbonyl (C=O) groups excluding carboxylic acids is 2. The molecule has 0 aliphatic heterocycles. The monoisotopic (exact) mass is 313 g/mol. The van der Waals surface area contributed by atoms with E-state index in [0.29, 0.717) is 12.1 Å². The minimum atomic E-state index is -4.41. The van der Waals surface area contributed by atoms with Gasteiger partial charge >= 0.3 is 6.18 Å². The van der Waals surface area contributed by atoms with E-state index in [1.807, 2.05) is 4.90 Å². The first kappa shape index (κ1) is 18.1. The maximum absolute atomic E-state index is 12.5. The summed E-state index contributed by atoms with van der Waals surface area (Å²) in [5, 5.41) is 0. The maximum Gasteiger partial charge on any atom is 0.416 e. The van der Waals surface area contributed by atoms with Crippen LogP contribution in [0.2, 0.25) is 0 Å². The van der Waals surface area contributed by atoms with Crippen LogP contribution >= 0.6 is 0 Å². The van der Waals surface area contributed by atoms with Gasteiger partial charge in [0.15, 0.2) is 11.6 Å². The van der Waals surface area contributed by atoms with Crippen molar-refractivity contribution >= 4 is 17.6 Å². The molecule has 1 aromatic rings. The first-order chi connectivity index (χ1) is 10.1. The molecule has 0 radical (unpaired) electrons. The molecule has 0 aromatic heterocycles. The highest BCUT2D eigenvalue weighted by molar-refractivity contribution is 6.22. The Bertz CT molecular complexity index is 572. The highest BCUT2D eigenvalue weighted by atomic mass is 19.4. The number of halogens is 3. The van der Waals surface area contributed by atoms with Crippen LogP contribution in [0.1, 0.15) is 24.5 Å². The number of hydrogen-bond donors (Lipinski definition) is 0. The third-order valence-electron chi connectivity index (χ3n) is 3.01. The maximum atomic E-state index is 12.5. The number of alkyl halides is 3. The van der Waals surface area contributed by atoms with E-state index < -0.39 is 17.5 Å². The Hall–Kier alpha value is -1.95. The topological polar surface area (TPSA) is 37.4 Å². The normalized spacial score (nSPS) is 12.6. The van der Waals surface area contributed by atoms with E-state index in [4.69, 9.17) is 0 Å². The molecular formula is C16H18F3NO2. The average Bonchev–Trinajstić information content (AvgIpc) is 2.41. The number of carbonyl (C=O) groups is 2. The predicted molar refractivity (Wildman–Crippen MR) is 78.3 cm³/mol. The van der Waals surface area contributed by atoms with Gasteiger partial charge in [-0.15, -0.1) is 0 Å². The van der Waals surface area contributed by atoms with Gasteiger partial charge in [-0.3, -0.25) is 9.59 Å². The second kappa shape index (κ2) is 7.35. The Morgan fingerprint density at radius 2 is 1.68 bits per heavy atom. The Labute approximate surface area is 127 Å². The van der Waals surface area contributed by atoms with Crippen molar-refractivity contribution < 1.29 is 22.8 Å². The van der Waals surface area contributed by atoms with Crippen molar-refractivity contribution in [3.8, 4) is 0 Å². The van der Waals surface area contributed by atoms with Crippen molar-refractivity contribution in [3.63, 3.8) is 0 Å². The van der Waals surface area contributed by atoms with E-state index >= 15 is 0 Å². The van der Waals surface area contributed by atoms with Gasteiger partial charge in [0, 0.05) is 13.0 Å². The van der Waals surface area contributed by atoms with Crippen LogP contribution in [-0.4, -0.2) is 37.1 Å². The molecule has 0 fully saturated rings. The molecule has 0 spiro atoms. The quantitative estimate of drug-likeness (QED) is 0.460. The summed E-state index contributed by atoms with van der Waals surface area (Å²) in [4.78, 5) is 25.4. The Morgan fingerprint density at radius 1 is 1.14 bits per heavy atom. The summed E-state index contributed by atoms with van der Waals surface area (Å²) >= 11 is 0. The Balaban J connectivity index is 2.99. The second-order valence-corrected chi connectivity index (χ2v) is 5.21. The fourth-order valence-corrected chi connectivity index (χ4v) is 1.77. The zero-order valence-corrected chi connectivity index (χ0v) is 12.7. The molecule has 1 rings (SSSR count). The molecule has 1 aromatic carbocycles. The van der Waals surface area contributed by atoms with Crippen LogP contribution in [0.5, 0.6) is 0 Å². The minimum Gasteiger partial charge on any atom is -0.309 e. The van der Waals surface area contributed by atoms with Gasteiger partial charge in [-0.25, -0.2) is 0 Å². The molecule has 0 saturated heterocycles. The molecule has 0 saturated carbocycles. The van der Waals surface area contributed by atoms with Crippen LogP contribution in [0.3, 0.4) is 0 Å². The minimum absolute atomic E-state index is 0.00149. The van der Waals surface area contributed by atoms with Gasteiger partial charge < -0.3 is 4.90 Å². The van der Waals surface area contributed by atoms with E-state index in [-0.39, 0.29) is 17.8 Å². The smallest absolute Gasteiger partial charge is 0.309 e. The summed E-state index contributed by atoms with van der Waals surface area (Å²) < 4.78 is 37.5. The molecule has 6 heteroatoms. The number of allylic oxidation sites excluding steroid dienone is 1. The van der Waals surface area contributed by atoms with Crippen molar-refractivity contribution in [1.82, 2.24) is 4.90 Å². The molecule has 0 unspecified atom stereocenters. The van der Waals surface area contributed by atoms with Gasteiger partial charge in [0.1, 0.15) is 0 Å². The van der Waals surface area contributed by atoms with Gasteiger partial charge in [-0.2, -0.15) is 13.2 Å². The van der Waals surface area contributed by atoms with Crippen molar-refractivity contribution in [2.75, 3.05) is 20.6 Å². The van der Waals surface area contributed by atoms with Gasteiger partial charge in [-0.1, -0.05) is 12.1 Å². The van der Waals surface area contributed by atoms with Crippen LogP contribution in [0.15, 0.2) is 29.8 Å². The summed E-state index contributed by atoms with van der Waals surface area (Å²) in [7, 11) is 3.61. The molecule has 0 atom stereocenters. The Kier molecular flexibility index (Phi) is 6.05. The van der Waals surface area contributed by atoms with E-state index in [1.54, 1.807) is 14.1 Å². The average molecular weight is 313 g/mol. The van der Waals surface area contributed by atoms with Crippen LogP contribution in [0.4, 0.5) is 13.2 Å². The zero-order chi connectivity index (χ0) is 16.9. The van der Waals surface area contributed by atoms with Gasteiger partial charge in [0.2, 0.25) is 0 Å². The molecule has 0 aliphatic carbocycles. The summed E-state index contributed by atoms with van der Waals surface area (Å²) in [5.74, 6) is -0.718. The number of Topliss-reactive ketones (excluding diaryl/α,β-unsaturated/α-hetero) is 2. The lowest BCUT2D eigenvalue weighted by atomic mass is 10.0. The summed E-state index contributed by atoms with van der Waals surface area (Å²) in [5.41, 5.74) is -0.383. The highest BCUT2D eigenvalue weighted by Gasteiger charge is 2.29. The van der Waals surface area contributed by atoms with Crippen molar-refractivity contribution in [3.05, 3.63) is 41.0 Å². The third kappa shape index (κ3) is 5.44. The number of nitrogens with zero attached hydrogens (tertiary/aromatic N) is 1. The third-order valence-corrected chi connectivity index (χ3v) is 3.01. The molecule has 0 N–H and O–H groups in total. The summed E-state index contributed by atoms with van der Waals surface area (Å²) in [6.45, 7) is 1.76. The lowest BCUT2D eigenvalue weighted by Crippen LogP contribution is -2.19. The fraction of sp³-hybridized carbons (Fsp3) is 0.375. The van der Waals surface area contributed by atoms with E-state index in [1.165, 1.54) is 25.1 Å². The largest absolute Gasteiger partial charge is 0.416 e. The van der Waals surface area contributed by atoms with Crippen LogP contribution < -0.4 is 0 Å². The van der Waals surface area contributed by atoms with Crippen LogP contribution in [-0.2, 0) is 15.8 Å². The van der Waals surface area contributed by atoms with Crippen molar-refractivity contribution in [1.29, 1.82) is 0 Å². The Morgan fingerprint density at radius 3 is 2.09 bits per heavy atom. The lowest BCUT2D eigenvalue weighted by molar-refractivity contribution is -0.137. The predicted octanol–water partition coefficient (Wildman–Crippen LogP) is 3.20. The summed E-state index contributed by atoms with van der Waals surface area (Å²) in [6, 6.07) is 4.33. The second-order valence-electron chi connectivity index (χ2n) is 5.21. The van der Waals surface area contributed by atoms with Gasteiger partial charge in [0.05, 0.1) is 11.1 Å². The molecular weight excluding hydrogens is 295 g/mol. The van der Waals surface area contributed by atoms with Gasteiger partial charge in [-0.05, 0) is 44.8 Å². The zero-order valence-electron chi connectivity index (χ0n) is 12.7. The standard InChI is InChI=1S/C16H18F3NO2/c1-11(21)14(15(22)8-9-20(2)3)10-12-4-6-13(7-5-12)16(17,18)19/h4-7,10H,8-9H2,1-3H3/b14-10+. The SMILES string of the molecule is CC(=O)/C(=C\c1ccc(C(F)(F)F)cc1)C(=O)CCN(C)C. The molecule has 120 valence electrons. The van der Waals surface area contributed by atoms with E-state index in [0.717, 1.165) is 12.1 Å². The van der Waals surface area contributed by atoms with E-state index in [2.05, 4.69) is 0 Å². The molecule has 0 heterocycles. The molecule has 0 amide bonds. The van der Waals surface area contributed by atoms with E-state index in [9.17, 15) is 22.8 Å². The number of rotatable bonds is 6. The van der Waals surface area contributed by atoms with Crippen molar-refractivity contribution in [2.45, 2.75) is 19.5 Å². The fourth-order valence-electron chi connectivity index (χ4n) is 1.77. The van der Waals surface area contributed by atoms with Crippen LogP contribution in [0, 0.1) is 0 Å². The molecule has 22 heavy (non-hydrogen) atoms.